The lowest BCUT2D eigenvalue weighted by Crippen LogP contribution is -2.36. The Morgan fingerprint density at radius 1 is 1.43 bits per heavy atom. The Bertz CT molecular complexity index is 148. The molecule has 2 nitrogen and oxygen atoms in total. The van der Waals surface area contributed by atoms with Gasteiger partial charge in [0, 0.05) is 16.5 Å². The first-order chi connectivity index (χ1) is 6.77. The molecule has 1 saturated carbocycles. The first-order valence-corrected chi connectivity index (χ1v) is 6.74. The summed E-state index contributed by atoms with van der Waals surface area (Å²) in [5, 5.41) is 10.3. The van der Waals surface area contributed by atoms with Gasteiger partial charge in [0.1, 0.15) is 0 Å². The van der Waals surface area contributed by atoms with Crippen molar-refractivity contribution in [2.75, 3.05) is 6.61 Å². The minimum absolute atomic E-state index is 0.176. The van der Waals surface area contributed by atoms with Gasteiger partial charge in [-0.3, -0.25) is 0 Å². The van der Waals surface area contributed by atoms with Crippen LogP contribution in [-0.4, -0.2) is 28.3 Å². The molecule has 2 atom stereocenters. The molecular formula is C11H23NOS. The largest absolute Gasteiger partial charge is 0.395 e. The fraction of sp³-hybridized carbons (Fsp3) is 1.00. The average Bonchev–Trinajstić information content (AvgIpc) is 2.66. The number of nitrogens with two attached hydrogens (primary N) is 1. The summed E-state index contributed by atoms with van der Waals surface area (Å²) < 4.78 is 0. The fourth-order valence-electron chi connectivity index (χ4n) is 2.07. The summed E-state index contributed by atoms with van der Waals surface area (Å²) in [6.45, 7) is 2.39. The summed E-state index contributed by atoms with van der Waals surface area (Å²) in [4.78, 5) is 0. The van der Waals surface area contributed by atoms with E-state index in [9.17, 15) is 5.11 Å². The second kappa shape index (κ2) is 6.70. The van der Waals surface area contributed by atoms with Gasteiger partial charge < -0.3 is 10.8 Å². The maximum atomic E-state index is 9.28. The smallest absolute Gasteiger partial charge is 0.0565 e. The van der Waals surface area contributed by atoms with Gasteiger partial charge in [-0.15, -0.1) is 0 Å². The summed E-state index contributed by atoms with van der Waals surface area (Å²) in [6, 6.07) is 0.176. The van der Waals surface area contributed by atoms with Crippen molar-refractivity contribution >= 4 is 11.8 Å². The van der Waals surface area contributed by atoms with Gasteiger partial charge in [0.25, 0.3) is 0 Å². The fourth-order valence-corrected chi connectivity index (χ4v) is 3.59. The van der Waals surface area contributed by atoms with Gasteiger partial charge in [-0.05, 0) is 19.3 Å². The van der Waals surface area contributed by atoms with Gasteiger partial charge in [-0.25, -0.2) is 0 Å². The Balaban J connectivity index is 2.29. The maximum absolute atomic E-state index is 9.28. The van der Waals surface area contributed by atoms with Crippen molar-refractivity contribution in [3.05, 3.63) is 0 Å². The number of aliphatic hydroxyl groups is 1. The molecule has 0 saturated heterocycles. The van der Waals surface area contributed by atoms with E-state index in [1.54, 1.807) is 0 Å². The molecule has 0 aromatic heterocycles. The monoisotopic (exact) mass is 217 g/mol. The summed E-state index contributed by atoms with van der Waals surface area (Å²) in [7, 11) is 0. The van der Waals surface area contributed by atoms with E-state index in [0.29, 0.717) is 0 Å². The Kier molecular flexibility index (Phi) is 5.90. The summed E-state index contributed by atoms with van der Waals surface area (Å²) >= 11 is 1.93. The molecule has 0 radical (unpaired) electrons. The second-order valence-corrected chi connectivity index (χ2v) is 5.76. The molecule has 0 aromatic rings. The van der Waals surface area contributed by atoms with Gasteiger partial charge in [-0.2, -0.15) is 11.8 Å². The molecule has 1 rings (SSSR count). The van der Waals surface area contributed by atoms with Crippen molar-refractivity contribution in [2.24, 2.45) is 5.73 Å². The SMILES string of the molecule is CCCC(N)C(CO)SC1CCCC1. The molecule has 0 aromatic carbocycles. The Hall–Kier alpha value is 0.270. The minimum Gasteiger partial charge on any atom is -0.395 e. The van der Waals surface area contributed by atoms with Crippen LogP contribution in [0.5, 0.6) is 0 Å². The second-order valence-electron chi connectivity index (χ2n) is 4.22. The molecule has 14 heavy (non-hydrogen) atoms. The van der Waals surface area contributed by atoms with E-state index >= 15 is 0 Å². The van der Waals surface area contributed by atoms with Crippen LogP contribution in [0.1, 0.15) is 45.4 Å². The molecule has 84 valence electrons. The third-order valence-corrected chi connectivity index (χ3v) is 4.65. The standard InChI is InChI=1S/C11H23NOS/c1-2-5-10(12)11(8-13)14-9-6-3-4-7-9/h9-11,13H,2-8,12H2,1H3. The van der Waals surface area contributed by atoms with E-state index < -0.39 is 0 Å². The van der Waals surface area contributed by atoms with Crippen LogP contribution >= 0.6 is 11.8 Å². The van der Waals surface area contributed by atoms with Crippen LogP contribution in [0.25, 0.3) is 0 Å². The molecule has 0 heterocycles. The van der Waals surface area contributed by atoms with E-state index in [-0.39, 0.29) is 17.9 Å². The highest BCUT2D eigenvalue weighted by atomic mass is 32.2. The number of hydrogen-bond acceptors (Lipinski definition) is 3. The van der Waals surface area contributed by atoms with E-state index in [2.05, 4.69) is 6.92 Å². The average molecular weight is 217 g/mol. The first kappa shape index (κ1) is 12.3. The molecule has 0 amide bonds. The van der Waals surface area contributed by atoms with Gasteiger partial charge in [0.05, 0.1) is 6.61 Å². The van der Waals surface area contributed by atoms with Crippen molar-refractivity contribution in [1.29, 1.82) is 0 Å². The molecular weight excluding hydrogens is 194 g/mol. The zero-order valence-corrected chi connectivity index (χ0v) is 9.93. The molecule has 0 aliphatic heterocycles. The maximum Gasteiger partial charge on any atom is 0.0565 e. The van der Waals surface area contributed by atoms with Crippen LogP contribution in [0.15, 0.2) is 0 Å². The zero-order chi connectivity index (χ0) is 10.4. The van der Waals surface area contributed by atoms with Gasteiger partial charge >= 0.3 is 0 Å². The van der Waals surface area contributed by atoms with Gasteiger partial charge in [0.15, 0.2) is 0 Å². The Morgan fingerprint density at radius 2 is 2.07 bits per heavy atom. The molecule has 1 aliphatic rings. The minimum atomic E-state index is 0.176. The van der Waals surface area contributed by atoms with Gasteiger partial charge in [-0.1, -0.05) is 26.2 Å². The number of aliphatic hydroxyl groups excluding tert-OH is 1. The van der Waals surface area contributed by atoms with Crippen LogP contribution in [0.2, 0.25) is 0 Å². The van der Waals surface area contributed by atoms with Crippen molar-refractivity contribution < 1.29 is 5.11 Å². The first-order valence-electron chi connectivity index (χ1n) is 5.79. The highest BCUT2D eigenvalue weighted by Gasteiger charge is 2.23. The third kappa shape index (κ3) is 3.79. The lowest BCUT2D eigenvalue weighted by atomic mass is 10.1. The third-order valence-electron chi connectivity index (χ3n) is 2.95. The number of thioether (sulfide) groups is 1. The molecule has 1 aliphatic carbocycles. The quantitative estimate of drug-likeness (QED) is 0.716. The summed E-state index contributed by atoms with van der Waals surface area (Å²) in [6.07, 6.45) is 7.51. The van der Waals surface area contributed by atoms with E-state index in [1.165, 1.54) is 25.7 Å². The molecule has 3 heteroatoms. The Morgan fingerprint density at radius 3 is 2.57 bits per heavy atom. The number of hydrogen-bond donors (Lipinski definition) is 2. The summed E-state index contributed by atoms with van der Waals surface area (Å²) in [5.74, 6) is 0. The zero-order valence-electron chi connectivity index (χ0n) is 9.11. The van der Waals surface area contributed by atoms with Crippen molar-refractivity contribution in [2.45, 2.75) is 62.0 Å². The molecule has 3 N–H and O–H groups in total. The normalized spacial score (nSPS) is 22.5. The van der Waals surface area contributed by atoms with Crippen LogP contribution in [0.3, 0.4) is 0 Å². The Labute approximate surface area is 91.6 Å². The van der Waals surface area contributed by atoms with E-state index in [1.807, 2.05) is 11.8 Å². The van der Waals surface area contributed by atoms with Crippen LogP contribution in [0, 0.1) is 0 Å². The highest BCUT2D eigenvalue weighted by Crippen LogP contribution is 2.33. The molecule has 1 fully saturated rings. The van der Waals surface area contributed by atoms with Gasteiger partial charge in [0.2, 0.25) is 0 Å². The highest BCUT2D eigenvalue weighted by molar-refractivity contribution is 8.00. The predicted octanol–water partition coefficient (Wildman–Crippen LogP) is 2.15. The topological polar surface area (TPSA) is 46.2 Å². The molecule has 0 spiro atoms. The van der Waals surface area contributed by atoms with Crippen LogP contribution in [0.4, 0.5) is 0 Å². The van der Waals surface area contributed by atoms with Crippen LogP contribution < -0.4 is 5.73 Å². The van der Waals surface area contributed by atoms with Crippen LogP contribution in [-0.2, 0) is 0 Å². The van der Waals surface area contributed by atoms with E-state index in [0.717, 1.165) is 18.1 Å². The van der Waals surface area contributed by atoms with Crippen molar-refractivity contribution in [3.8, 4) is 0 Å². The molecule has 0 bridgehead atoms. The molecule has 2 unspecified atom stereocenters. The lowest BCUT2D eigenvalue weighted by molar-refractivity contribution is 0.279. The van der Waals surface area contributed by atoms with Crippen molar-refractivity contribution in [3.63, 3.8) is 0 Å². The summed E-state index contributed by atoms with van der Waals surface area (Å²) in [5.41, 5.74) is 6.04. The predicted molar refractivity (Wildman–Crippen MR) is 63.6 cm³/mol. The van der Waals surface area contributed by atoms with Crippen molar-refractivity contribution in [1.82, 2.24) is 0 Å². The number of rotatable bonds is 6. The lowest BCUT2D eigenvalue weighted by Gasteiger charge is -2.23. The van der Waals surface area contributed by atoms with E-state index in [4.69, 9.17) is 5.73 Å².